The zero-order valence-electron chi connectivity index (χ0n) is 15.5. The number of aromatic nitrogens is 2. The number of fused-ring (bicyclic) bond motifs is 2. The van der Waals surface area contributed by atoms with Crippen LogP contribution >= 0.6 is 0 Å². The van der Waals surface area contributed by atoms with Crippen molar-refractivity contribution in [3.05, 3.63) is 66.1 Å². The molecule has 1 amide bonds. The third kappa shape index (κ3) is 2.52. The van der Waals surface area contributed by atoms with Crippen LogP contribution in [0, 0.1) is 11.8 Å². The monoisotopic (exact) mass is 372 g/mol. The Labute approximate surface area is 162 Å². The number of H-pyrrole nitrogens is 1. The number of carbonyl (C=O) groups excluding carboxylic acids is 2. The topological polar surface area (TPSA) is 78.1 Å². The molecular weight excluding hydrogens is 352 g/mol. The first-order valence-electron chi connectivity index (χ1n) is 9.40. The van der Waals surface area contributed by atoms with Gasteiger partial charge in [-0.25, -0.2) is 0 Å². The molecule has 0 saturated carbocycles. The summed E-state index contributed by atoms with van der Waals surface area (Å²) in [4.78, 5) is 35.1. The van der Waals surface area contributed by atoms with Crippen molar-refractivity contribution in [3.8, 4) is 11.3 Å². The molecule has 140 valence electrons. The van der Waals surface area contributed by atoms with Gasteiger partial charge in [-0.3, -0.25) is 14.6 Å². The van der Waals surface area contributed by atoms with Gasteiger partial charge in [0.1, 0.15) is 0 Å². The maximum Gasteiger partial charge on any atom is 0.226 e. The van der Waals surface area contributed by atoms with Gasteiger partial charge in [0.25, 0.3) is 0 Å². The van der Waals surface area contributed by atoms with E-state index in [9.17, 15) is 9.59 Å². The number of rotatable bonds is 3. The number of carbonyl (C=O) groups is 2. The van der Waals surface area contributed by atoms with Gasteiger partial charge >= 0.3 is 0 Å². The molecule has 0 spiro atoms. The average molecular weight is 372 g/mol. The van der Waals surface area contributed by atoms with Crippen molar-refractivity contribution in [2.45, 2.75) is 6.42 Å². The number of ketones is 1. The number of para-hydroxylation sites is 1. The molecule has 1 aliphatic heterocycles. The first-order chi connectivity index (χ1) is 13.6. The molecule has 5 rings (SSSR count). The van der Waals surface area contributed by atoms with Crippen LogP contribution in [-0.4, -0.2) is 40.2 Å². The van der Waals surface area contributed by atoms with E-state index < -0.39 is 0 Å². The van der Waals surface area contributed by atoms with Crippen LogP contribution in [0.2, 0.25) is 0 Å². The van der Waals surface area contributed by atoms with Crippen molar-refractivity contribution in [1.29, 1.82) is 0 Å². The molecule has 2 atom stereocenters. The maximum atomic E-state index is 13.4. The van der Waals surface area contributed by atoms with E-state index in [0.717, 1.165) is 28.3 Å². The summed E-state index contributed by atoms with van der Waals surface area (Å²) in [5, 5.41) is 3.44. The Kier molecular flexibility index (Phi) is 3.79. The molecule has 1 aliphatic carbocycles. The maximum absolute atomic E-state index is 13.4. The van der Waals surface area contributed by atoms with Crippen LogP contribution < -0.4 is 5.32 Å². The lowest BCUT2D eigenvalue weighted by molar-refractivity contribution is -0.130. The van der Waals surface area contributed by atoms with E-state index in [2.05, 4.69) is 15.3 Å². The Morgan fingerprint density at radius 2 is 1.82 bits per heavy atom. The molecule has 1 saturated heterocycles. The lowest BCUT2D eigenvalue weighted by Gasteiger charge is -2.22. The number of hydrogen-bond donors (Lipinski definition) is 2. The van der Waals surface area contributed by atoms with Gasteiger partial charge in [-0.15, -0.1) is 0 Å². The normalized spacial score (nSPS) is 20.8. The van der Waals surface area contributed by atoms with E-state index in [1.807, 2.05) is 42.5 Å². The number of Topliss-reactive ketones (excluding diaryl/α,β-unsaturated/α-hetero) is 1. The Bertz CT molecular complexity index is 1060. The average Bonchev–Trinajstić information content (AvgIpc) is 3.22. The first-order valence-corrected chi connectivity index (χ1v) is 9.40. The lowest BCUT2D eigenvalue weighted by atomic mass is 9.79. The summed E-state index contributed by atoms with van der Waals surface area (Å²) in [6.07, 6.45) is 4.02. The minimum Gasteiger partial charge on any atom is -0.356 e. The van der Waals surface area contributed by atoms with Gasteiger partial charge in [0.2, 0.25) is 5.91 Å². The minimum atomic E-state index is -0.276. The predicted octanol–water partition coefficient (Wildman–Crippen LogP) is 3.26. The van der Waals surface area contributed by atoms with Crippen molar-refractivity contribution in [3.63, 3.8) is 0 Å². The second-order valence-corrected chi connectivity index (χ2v) is 7.46. The molecule has 28 heavy (non-hydrogen) atoms. The summed E-state index contributed by atoms with van der Waals surface area (Å²) < 4.78 is 0. The van der Waals surface area contributed by atoms with Crippen molar-refractivity contribution < 1.29 is 9.59 Å². The number of nitrogens with zero attached hydrogens (tertiary/aromatic N) is 2. The minimum absolute atomic E-state index is 0.0407. The fourth-order valence-corrected chi connectivity index (χ4v) is 4.37. The number of hydrogen-bond acceptors (Lipinski definition) is 4. The standard InChI is InChI=1S/C22H20N4O2/c1-26-12-16-15(22(26)28)11-17-18(21(16)27)20(24-14-5-3-2-4-6-14)19(25-17)13-7-9-23-10-8-13/h2-10,15-16,24-25H,11-12H2,1H3. The van der Waals surface area contributed by atoms with Gasteiger partial charge < -0.3 is 15.2 Å². The van der Waals surface area contributed by atoms with Crippen LogP contribution in [0.15, 0.2) is 54.9 Å². The number of aromatic amines is 1. The van der Waals surface area contributed by atoms with Gasteiger partial charge in [-0.1, -0.05) is 18.2 Å². The SMILES string of the molecule is CN1CC2C(=O)c3c([nH]c(-c4ccncc4)c3Nc3ccccc3)CC2C1=O. The lowest BCUT2D eigenvalue weighted by Crippen LogP contribution is -2.32. The molecule has 0 radical (unpaired) electrons. The summed E-state index contributed by atoms with van der Waals surface area (Å²) >= 11 is 0. The van der Waals surface area contributed by atoms with E-state index in [4.69, 9.17) is 0 Å². The largest absolute Gasteiger partial charge is 0.356 e. The van der Waals surface area contributed by atoms with E-state index in [0.29, 0.717) is 18.5 Å². The molecular formula is C22H20N4O2. The molecule has 1 aromatic carbocycles. The molecule has 2 unspecified atom stereocenters. The molecule has 3 heterocycles. The van der Waals surface area contributed by atoms with Gasteiger partial charge in [0, 0.05) is 49.4 Å². The fraction of sp³-hybridized carbons (Fsp3) is 0.227. The summed E-state index contributed by atoms with van der Waals surface area (Å²) in [5.74, 6) is -0.443. The Balaban J connectivity index is 1.66. The van der Waals surface area contributed by atoms with Crippen molar-refractivity contribution >= 4 is 23.1 Å². The number of amides is 1. The Hall–Kier alpha value is -3.41. The molecule has 2 N–H and O–H groups in total. The number of benzene rings is 1. The molecule has 2 aliphatic rings. The van der Waals surface area contributed by atoms with Crippen LogP contribution in [0.1, 0.15) is 16.1 Å². The van der Waals surface area contributed by atoms with Gasteiger partial charge in [-0.05, 0) is 24.3 Å². The van der Waals surface area contributed by atoms with E-state index in [1.165, 1.54) is 0 Å². The highest BCUT2D eigenvalue weighted by Crippen LogP contribution is 2.43. The number of pyridine rings is 1. The number of anilines is 2. The molecule has 1 fully saturated rings. The van der Waals surface area contributed by atoms with Gasteiger partial charge in [0.15, 0.2) is 5.78 Å². The van der Waals surface area contributed by atoms with Crippen molar-refractivity contribution in [2.24, 2.45) is 11.8 Å². The quantitative estimate of drug-likeness (QED) is 0.740. The zero-order chi connectivity index (χ0) is 19.3. The summed E-state index contributed by atoms with van der Waals surface area (Å²) in [6, 6.07) is 13.6. The van der Waals surface area contributed by atoms with Gasteiger partial charge in [0.05, 0.1) is 28.8 Å². The Morgan fingerprint density at radius 1 is 1.07 bits per heavy atom. The van der Waals surface area contributed by atoms with Crippen LogP contribution in [0.3, 0.4) is 0 Å². The predicted molar refractivity (Wildman–Crippen MR) is 106 cm³/mol. The molecule has 2 aromatic heterocycles. The van der Waals surface area contributed by atoms with Crippen LogP contribution in [0.5, 0.6) is 0 Å². The van der Waals surface area contributed by atoms with Crippen LogP contribution in [0.4, 0.5) is 11.4 Å². The highest BCUT2D eigenvalue weighted by molar-refractivity contribution is 6.11. The first kappa shape index (κ1) is 16.7. The van der Waals surface area contributed by atoms with E-state index in [-0.39, 0.29) is 23.5 Å². The van der Waals surface area contributed by atoms with Crippen LogP contribution in [0.25, 0.3) is 11.3 Å². The molecule has 3 aromatic rings. The van der Waals surface area contributed by atoms with Crippen molar-refractivity contribution in [1.82, 2.24) is 14.9 Å². The number of likely N-dealkylation sites (tertiary alicyclic amines) is 1. The fourth-order valence-electron chi connectivity index (χ4n) is 4.37. The van der Waals surface area contributed by atoms with Gasteiger partial charge in [-0.2, -0.15) is 0 Å². The third-order valence-corrected chi connectivity index (χ3v) is 5.75. The second-order valence-electron chi connectivity index (χ2n) is 7.46. The third-order valence-electron chi connectivity index (χ3n) is 5.75. The highest BCUT2D eigenvalue weighted by atomic mass is 16.2. The summed E-state index contributed by atoms with van der Waals surface area (Å²) in [7, 11) is 1.77. The number of nitrogens with one attached hydrogen (secondary N) is 2. The van der Waals surface area contributed by atoms with E-state index >= 15 is 0 Å². The molecule has 6 nitrogen and oxygen atoms in total. The molecule has 6 heteroatoms. The summed E-state index contributed by atoms with van der Waals surface area (Å²) in [6.45, 7) is 0.488. The molecule has 0 bridgehead atoms. The Morgan fingerprint density at radius 3 is 2.57 bits per heavy atom. The van der Waals surface area contributed by atoms with Crippen molar-refractivity contribution in [2.75, 3.05) is 18.9 Å². The van der Waals surface area contributed by atoms with E-state index in [1.54, 1.807) is 24.3 Å². The highest BCUT2D eigenvalue weighted by Gasteiger charge is 2.48. The second kappa shape index (κ2) is 6.34. The summed E-state index contributed by atoms with van der Waals surface area (Å²) in [5.41, 5.74) is 5.00. The van der Waals surface area contributed by atoms with Crippen LogP contribution in [-0.2, 0) is 11.2 Å². The zero-order valence-corrected chi connectivity index (χ0v) is 15.5. The smallest absolute Gasteiger partial charge is 0.226 e.